The Morgan fingerprint density at radius 2 is 1.87 bits per heavy atom. The van der Waals surface area contributed by atoms with Gasteiger partial charge in [-0.2, -0.15) is 26.3 Å². The fourth-order valence-corrected chi connectivity index (χ4v) is 1.43. The molecular weight excluding hydrogens is 233 g/mol. The van der Waals surface area contributed by atoms with Crippen molar-refractivity contribution in [3.63, 3.8) is 0 Å². The number of hydrogen-bond donors (Lipinski definition) is 2. The smallest absolute Gasteiger partial charge is 0.201 e. The van der Waals surface area contributed by atoms with Crippen molar-refractivity contribution in [2.75, 3.05) is 13.1 Å². The van der Waals surface area contributed by atoms with Gasteiger partial charge in [0.05, 0.1) is 0 Å². The lowest BCUT2D eigenvalue weighted by atomic mass is 10.4. The summed E-state index contributed by atoms with van der Waals surface area (Å²) in [5, 5.41) is 0. The molecule has 0 atom stereocenters. The molecular formula is C7H11F3N2O2S. The molecule has 0 aliphatic rings. The Balaban J connectivity index is 3.92. The van der Waals surface area contributed by atoms with E-state index in [1.165, 1.54) is 4.72 Å². The zero-order valence-electron chi connectivity index (χ0n) is 7.98. The Morgan fingerprint density at radius 1 is 1.27 bits per heavy atom. The van der Waals surface area contributed by atoms with Crippen LogP contribution in [0.1, 0.15) is 13.3 Å². The molecule has 0 aromatic heterocycles. The first-order valence-electron chi connectivity index (χ1n) is 3.97. The van der Waals surface area contributed by atoms with E-state index in [0.29, 0.717) is 0 Å². The van der Waals surface area contributed by atoms with E-state index in [1.807, 2.05) is 4.72 Å². The minimum atomic E-state index is -4.56. The van der Waals surface area contributed by atoms with Crippen molar-refractivity contribution in [3.05, 3.63) is 0 Å². The van der Waals surface area contributed by atoms with Crippen LogP contribution in [0.5, 0.6) is 0 Å². The van der Waals surface area contributed by atoms with Gasteiger partial charge in [-0.15, -0.1) is 11.8 Å². The normalized spacial score (nSPS) is 12.0. The highest BCUT2D eigenvalue weighted by Gasteiger charge is 2.29. The summed E-state index contributed by atoms with van der Waals surface area (Å²) >= 11 is 0. The van der Waals surface area contributed by atoms with Crippen LogP contribution in [0, 0.1) is 11.8 Å². The predicted molar refractivity (Wildman–Crippen MR) is 49.0 cm³/mol. The molecule has 0 aliphatic carbocycles. The summed E-state index contributed by atoms with van der Waals surface area (Å²) in [7, 11) is -4.08. The van der Waals surface area contributed by atoms with Crippen LogP contribution in [0.2, 0.25) is 0 Å². The molecule has 0 amide bonds. The van der Waals surface area contributed by atoms with Gasteiger partial charge in [0.2, 0.25) is 0 Å². The van der Waals surface area contributed by atoms with Crippen molar-refractivity contribution in [2.24, 2.45) is 0 Å². The van der Waals surface area contributed by atoms with E-state index >= 15 is 0 Å². The summed E-state index contributed by atoms with van der Waals surface area (Å²) in [4.78, 5) is 0. The first-order valence-corrected chi connectivity index (χ1v) is 5.46. The van der Waals surface area contributed by atoms with E-state index in [9.17, 15) is 21.6 Å². The molecule has 0 aromatic carbocycles. The first kappa shape index (κ1) is 14.2. The maximum absolute atomic E-state index is 11.7. The summed E-state index contributed by atoms with van der Waals surface area (Å²) in [6, 6.07) is 0. The molecule has 8 heteroatoms. The molecule has 15 heavy (non-hydrogen) atoms. The molecule has 0 spiro atoms. The monoisotopic (exact) mass is 244 g/mol. The Hall–Kier alpha value is -0.780. The Labute approximate surface area is 86.4 Å². The van der Waals surface area contributed by atoms with Crippen LogP contribution in [0.3, 0.4) is 0 Å². The van der Waals surface area contributed by atoms with Crippen molar-refractivity contribution < 1.29 is 21.6 Å². The topological polar surface area (TPSA) is 58.2 Å². The van der Waals surface area contributed by atoms with Crippen LogP contribution in [0.15, 0.2) is 0 Å². The third kappa shape index (κ3) is 9.52. The number of halogens is 3. The second-order valence-corrected chi connectivity index (χ2v) is 4.10. The van der Waals surface area contributed by atoms with Gasteiger partial charge in [0.15, 0.2) is 0 Å². The average Bonchev–Trinajstić information content (AvgIpc) is 2.09. The van der Waals surface area contributed by atoms with E-state index in [-0.39, 0.29) is 13.0 Å². The van der Waals surface area contributed by atoms with E-state index < -0.39 is 22.9 Å². The van der Waals surface area contributed by atoms with Gasteiger partial charge in [0.25, 0.3) is 10.2 Å². The van der Waals surface area contributed by atoms with Crippen LogP contribution in [-0.4, -0.2) is 27.7 Å². The summed E-state index contributed by atoms with van der Waals surface area (Å²) in [5.74, 6) is 5.09. The number of nitrogens with one attached hydrogen (secondary N) is 2. The largest absolute Gasteiger partial charge is 0.402 e. The molecule has 0 bridgehead atoms. The van der Waals surface area contributed by atoms with Crippen LogP contribution < -0.4 is 9.44 Å². The summed E-state index contributed by atoms with van der Waals surface area (Å²) in [6.45, 7) is -0.0216. The minimum absolute atomic E-state index is 0.0198. The third-order valence-electron chi connectivity index (χ3n) is 1.18. The average molecular weight is 244 g/mol. The van der Waals surface area contributed by atoms with Crippen molar-refractivity contribution in [3.8, 4) is 11.8 Å². The van der Waals surface area contributed by atoms with Crippen LogP contribution in [0.25, 0.3) is 0 Å². The first-order chi connectivity index (χ1) is 6.77. The summed E-state index contributed by atoms with van der Waals surface area (Å²) in [5.41, 5.74) is 0. The molecule has 4 nitrogen and oxygen atoms in total. The molecule has 0 radical (unpaired) electrons. The van der Waals surface area contributed by atoms with Gasteiger partial charge in [-0.05, 0) is 6.92 Å². The van der Waals surface area contributed by atoms with Crippen LogP contribution in [0.4, 0.5) is 13.2 Å². The van der Waals surface area contributed by atoms with E-state index in [1.54, 1.807) is 6.92 Å². The number of hydrogen-bond acceptors (Lipinski definition) is 2. The van der Waals surface area contributed by atoms with Gasteiger partial charge < -0.3 is 0 Å². The summed E-state index contributed by atoms with van der Waals surface area (Å²) in [6.07, 6.45) is -4.30. The van der Waals surface area contributed by atoms with E-state index in [2.05, 4.69) is 11.8 Å². The standard InChI is InChI=1S/C7H11F3N2O2S/c1-2-3-4-5-11-15(13,14)12-6-7(8,9)10/h11-12H,4-6H2,1H3. The fourth-order valence-electron chi connectivity index (χ4n) is 0.601. The van der Waals surface area contributed by atoms with Crippen molar-refractivity contribution >= 4 is 10.2 Å². The zero-order chi connectivity index (χ0) is 11.9. The molecule has 88 valence electrons. The second kappa shape index (κ2) is 5.95. The number of alkyl halides is 3. The number of rotatable bonds is 5. The maximum atomic E-state index is 11.7. The lowest BCUT2D eigenvalue weighted by molar-refractivity contribution is -0.121. The Kier molecular flexibility index (Phi) is 5.64. The highest BCUT2D eigenvalue weighted by Crippen LogP contribution is 2.12. The lowest BCUT2D eigenvalue weighted by Crippen LogP contribution is -2.41. The van der Waals surface area contributed by atoms with Gasteiger partial charge in [0.1, 0.15) is 6.54 Å². The minimum Gasteiger partial charge on any atom is -0.201 e. The van der Waals surface area contributed by atoms with Crippen LogP contribution >= 0.6 is 0 Å². The highest BCUT2D eigenvalue weighted by molar-refractivity contribution is 7.87. The SMILES string of the molecule is CC#CCCNS(=O)(=O)NCC(F)(F)F. The van der Waals surface area contributed by atoms with Gasteiger partial charge >= 0.3 is 6.18 Å². The second-order valence-electron chi connectivity index (χ2n) is 2.51. The lowest BCUT2D eigenvalue weighted by Gasteiger charge is -2.09. The van der Waals surface area contributed by atoms with Gasteiger partial charge in [-0.3, -0.25) is 0 Å². The van der Waals surface area contributed by atoms with E-state index in [0.717, 1.165) is 0 Å². The van der Waals surface area contributed by atoms with Gasteiger partial charge in [-0.1, -0.05) is 0 Å². The highest BCUT2D eigenvalue weighted by atomic mass is 32.2. The Bertz CT molecular complexity index is 339. The Morgan fingerprint density at radius 3 is 2.33 bits per heavy atom. The van der Waals surface area contributed by atoms with Crippen molar-refractivity contribution in [1.29, 1.82) is 0 Å². The molecule has 0 fully saturated rings. The van der Waals surface area contributed by atoms with Crippen molar-refractivity contribution in [2.45, 2.75) is 19.5 Å². The molecule has 0 aliphatic heterocycles. The third-order valence-corrected chi connectivity index (χ3v) is 2.29. The van der Waals surface area contributed by atoms with Gasteiger partial charge in [-0.25, -0.2) is 4.72 Å². The molecule has 0 unspecified atom stereocenters. The summed E-state index contributed by atoms with van der Waals surface area (Å²) < 4.78 is 60.0. The molecule has 0 saturated carbocycles. The molecule has 2 N–H and O–H groups in total. The molecule has 0 rings (SSSR count). The van der Waals surface area contributed by atoms with Crippen LogP contribution in [-0.2, 0) is 10.2 Å². The molecule has 0 heterocycles. The van der Waals surface area contributed by atoms with Crippen molar-refractivity contribution in [1.82, 2.24) is 9.44 Å². The van der Waals surface area contributed by atoms with E-state index in [4.69, 9.17) is 0 Å². The molecule has 0 saturated heterocycles. The van der Waals surface area contributed by atoms with Gasteiger partial charge in [0, 0.05) is 13.0 Å². The predicted octanol–water partition coefficient (Wildman–Crippen LogP) is 0.386. The zero-order valence-corrected chi connectivity index (χ0v) is 8.80. The molecule has 0 aromatic rings. The maximum Gasteiger partial charge on any atom is 0.402 e. The quantitative estimate of drug-likeness (QED) is 0.543. The fraction of sp³-hybridized carbons (Fsp3) is 0.714.